The lowest BCUT2D eigenvalue weighted by Gasteiger charge is -2.07. The van der Waals surface area contributed by atoms with Crippen LogP contribution in [0, 0.1) is 6.92 Å². The molecule has 0 saturated heterocycles. The minimum absolute atomic E-state index is 0.561. The number of hydrogen-bond acceptors (Lipinski definition) is 3. The third-order valence-electron chi connectivity index (χ3n) is 2.90. The van der Waals surface area contributed by atoms with Gasteiger partial charge < -0.3 is 14.3 Å². The smallest absolute Gasteiger partial charge is 0.134 e. The number of fused-ring (bicyclic) bond motifs is 1. The fraction of sp³-hybridized carbons (Fsp3) is 0.467. The van der Waals surface area contributed by atoms with Crippen molar-refractivity contribution in [3.63, 3.8) is 0 Å². The van der Waals surface area contributed by atoms with Gasteiger partial charge in [0.25, 0.3) is 0 Å². The van der Waals surface area contributed by atoms with Gasteiger partial charge in [0.05, 0.1) is 0 Å². The second kappa shape index (κ2) is 6.03. The lowest BCUT2D eigenvalue weighted by atomic mass is 10.1. The van der Waals surface area contributed by atoms with E-state index in [1.54, 1.807) is 0 Å². The van der Waals surface area contributed by atoms with Crippen LogP contribution in [0.2, 0.25) is 0 Å². The zero-order valence-electron chi connectivity index (χ0n) is 11.0. The van der Waals surface area contributed by atoms with Gasteiger partial charge >= 0.3 is 0 Å². The first-order chi connectivity index (χ1) is 8.70. The van der Waals surface area contributed by atoms with E-state index in [0.29, 0.717) is 18.8 Å². The van der Waals surface area contributed by atoms with E-state index in [1.165, 1.54) is 5.56 Å². The third-order valence-corrected chi connectivity index (χ3v) is 2.90. The lowest BCUT2D eigenvalue weighted by Crippen LogP contribution is -2.03. The van der Waals surface area contributed by atoms with E-state index in [2.05, 4.69) is 13.0 Å². The number of ether oxygens (including phenoxy) is 1. The first-order valence-electron chi connectivity index (χ1n) is 6.46. The molecule has 3 heteroatoms. The highest BCUT2D eigenvalue weighted by Gasteiger charge is 2.13. The maximum Gasteiger partial charge on any atom is 0.134 e. The SMILES string of the molecule is CCCOCCC(O)c1cc2cc(C)ccc2o1. The number of rotatable bonds is 6. The highest BCUT2D eigenvalue weighted by Crippen LogP contribution is 2.26. The molecule has 18 heavy (non-hydrogen) atoms. The molecule has 2 aromatic rings. The standard InChI is InChI=1S/C15H20O3/c1-3-7-17-8-6-13(16)15-10-12-9-11(2)4-5-14(12)18-15/h4-5,9-10,13,16H,3,6-8H2,1-2H3. The zero-order chi connectivity index (χ0) is 13.0. The maximum atomic E-state index is 10.0. The van der Waals surface area contributed by atoms with Gasteiger partial charge in [-0.05, 0) is 31.5 Å². The molecule has 0 amide bonds. The molecule has 0 saturated carbocycles. The first-order valence-corrected chi connectivity index (χ1v) is 6.46. The van der Waals surface area contributed by atoms with Crippen molar-refractivity contribution >= 4 is 11.0 Å². The Kier molecular flexibility index (Phi) is 4.39. The van der Waals surface area contributed by atoms with Gasteiger partial charge in [0, 0.05) is 25.0 Å². The molecule has 0 fully saturated rings. The molecule has 1 aromatic heterocycles. The highest BCUT2D eigenvalue weighted by molar-refractivity contribution is 5.78. The molecular weight excluding hydrogens is 228 g/mol. The van der Waals surface area contributed by atoms with Gasteiger partial charge in [-0.15, -0.1) is 0 Å². The Labute approximate surface area is 107 Å². The summed E-state index contributed by atoms with van der Waals surface area (Å²) < 4.78 is 11.0. The summed E-state index contributed by atoms with van der Waals surface area (Å²) in [5.74, 6) is 0.621. The van der Waals surface area contributed by atoms with Gasteiger partial charge in [0.1, 0.15) is 17.4 Å². The Bertz CT molecular complexity index is 501. The minimum atomic E-state index is -0.588. The van der Waals surface area contributed by atoms with Crippen molar-refractivity contribution in [1.82, 2.24) is 0 Å². The van der Waals surface area contributed by atoms with Crippen molar-refractivity contribution in [3.8, 4) is 0 Å². The van der Waals surface area contributed by atoms with Crippen molar-refractivity contribution in [2.75, 3.05) is 13.2 Å². The van der Waals surface area contributed by atoms with Crippen LogP contribution in [0.25, 0.3) is 11.0 Å². The molecule has 0 aliphatic heterocycles. The van der Waals surface area contributed by atoms with Crippen LogP contribution < -0.4 is 0 Å². The molecule has 98 valence electrons. The van der Waals surface area contributed by atoms with Gasteiger partial charge in [0.15, 0.2) is 0 Å². The van der Waals surface area contributed by atoms with Crippen molar-refractivity contribution in [2.45, 2.75) is 32.8 Å². The summed E-state index contributed by atoms with van der Waals surface area (Å²) >= 11 is 0. The molecule has 0 bridgehead atoms. The Balaban J connectivity index is 2.01. The van der Waals surface area contributed by atoms with E-state index in [9.17, 15) is 5.11 Å². The van der Waals surface area contributed by atoms with E-state index < -0.39 is 6.10 Å². The van der Waals surface area contributed by atoms with E-state index in [-0.39, 0.29) is 0 Å². The summed E-state index contributed by atoms with van der Waals surface area (Å²) in [6.45, 7) is 5.41. The normalized spacial score (nSPS) is 13.1. The van der Waals surface area contributed by atoms with Crippen LogP contribution in [0.5, 0.6) is 0 Å². The Hall–Kier alpha value is -1.32. The summed E-state index contributed by atoms with van der Waals surface area (Å²) in [5.41, 5.74) is 2.01. The van der Waals surface area contributed by atoms with Crippen molar-refractivity contribution in [2.24, 2.45) is 0 Å². The molecule has 0 radical (unpaired) electrons. The van der Waals surface area contributed by atoms with E-state index in [1.807, 2.05) is 25.1 Å². The van der Waals surface area contributed by atoms with Crippen LogP contribution in [-0.4, -0.2) is 18.3 Å². The van der Waals surface area contributed by atoms with Gasteiger partial charge in [-0.25, -0.2) is 0 Å². The predicted molar refractivity (Wildman–Crippen MR) is 71.6 cm³/mol. The topological polar surface area (TPSA) is 42.6 Å². The first kappa shape index (κ1) is 13.1. The summed E-state index contributed by atoms with van der Waals surface area (Å²) in [5, 5.41) is 11.1. The van der Waals surface area contributed by atoms with Crippen molar-refractivity contribution in [3.05, 3.63) is 35.6 Å². The third kappa shape index (κ3) is 3.12. The molecule has 0 spiro atoms. The average Bonchev–Trinajstić information content (AvgIpc) is 2.77. The second-order valence-corrected chi connectivity index (χ2v) is 4.61. The molecule has 1 heterocycles. The number of aliphatic hydroxyl groups excluding tert-OH is 1. The van der Waals surface area contributed by atoms with Crippen LogP contribution in [0.1, 0.15) is 37.2 Å². The predicted octanol–water partition coefficient (Wildman–Crippen LogP) is 3.59. The van der Waals surface area contributed by atoms with Gasteiger partial charge in [-0.2, -0.15) is 0 Å². The minimum Gasteiger partial charge on any atom is -0.458 e. The molecule has 0 aliphatic carbocycles. The molecule has 1 atom stereocenters. The molecule has 0 aliphatic rings. The molecule has 1 N–H and O–H groups in total. The molecule has 3 nitrogen and oxygen atoms in total. The highest BCUT2D eigenvalue weighted by atomic mass is 16.5. The second-order valence-electron chi connectivity index (χ2n) is 4.61. The largest absolute Gasteiger partial charge is 0.458 e. The van der Waals surface area contributed by atoms with Gasteiger partial charge in [-0.1, -0.05) is 18.6 Å². The van der Waals surface area contributed by atoms with Crippen LogP contribution in [0.4, 0.5) is 0 Å². The summed E-state index contributed by atoms with van der Waals surface area (Å²) in [7, 11) is 0. The van der Waals surface area contributed by atoms with E-state index >= 15 is 0 Å². The quantitative estimate of drug-likeness (QED) is 0.794. The van der Waals surface area contributed by atoms with Crippen LogP contribution >= 0.6 is 0 Å². The number of benzene rings is 1. The fourth-order valence-corrected chi connectivity index (χ4v) is 1.93. The van der Waals surface area contributed by atoms with Crippen molar-refractivity contribution in [1.29, 1.82) is 0 Å². The fourth-order valence-electron chi connectivity index (χ4n) is 1.93. The average molecular weight is 248 g/mol. The van der Waals surface area contributed by atoms with Gasteiger partial charge in [0.2, 0.25) is 0 Å². The summed E-state index contributed by atoms with van der Waals surface area (Å²) in [6, 6.07) is 7.91. The summed E-state index contributed by atoms with van der Waals surface area (Å²) in [6.07, 6.45) is 0.980. The van der Waals surface area contributed by atoms with Crippen LogP contribution in [0.3, 0.4) is 0 Å². The molecule has 1 unspecified atom stereocenters. The summed E-state index contributed by atoms with van der Waals surface area (Å²) in [4.78, 5) is 0. The Morgan fingerprint density at radius 3 is 2.89 bits per heavy atom. The maximum absolute atomic E-state index is 10.0. The van der Waals surface area contributed by atoms with Crippen LogP contribution in [0.15, 0.2) is 28.7 Å². The number of aryl methyl sites for hydroxylation is 1. The van der Waals surface area contributed by atoms with Crippen molar-refractivity contribution < 1.29 is 14.3 Å². The number of furan rings is 1. The van der Waals surface area contributed by atoms with Gasteiger partial charge in [-0.3, -0.25) is 0 Å². The monoisotopic (exact) mass is 248 g/mol. The molecular formula is C15H20O3. The molecule has 2 rings (SSSR count). The van der Waals surface area contributed by atoms with E-state index in [4.69, 9.17) is 9.15 Å². The van der Waals surface area contributed by atoms with Crippen LogP contribution in [-0.2, 0) is 4.74 Å². The number of hydrogen-bond donors (Lipinski definition) is 1. The molecule has 1 aromatic carbocycles. The Morgan fingerprint density at radius 2 is 2.11 bits per heavy atom. The number of aliphatic hydroxyl groups is 1. The Morgan fingerprint density at radius 1 is 1.28 bits per heavy atom. The van der Waals surface area contributed by atoms with E-state index in [0.717, 1.165) is 24.0 Å². The zero-order valence-corrected chi connectivity index (χ0v) is 11.0. The lowest BCUT2D eigenvalue weighted by molar-refractivity contribution is 0.0727.